The molecule has 0 aromatic heterocycles. The van der Waals surface area contributed by atoms with Crippen molar-refractivity contribution in [3.8, 4) is 0 Å². The molecule has 20 heavy (non-hydrogen) atoms. The number of sulfone groups is 1. The van der Waals surface area contributed by atoms with Crippen molar-refractivity contribution in [2.75, 3.05) is 11.5 Å². The topological polar surface area (TPSA) is 118 Å². The average Bonchev–Trinajstić information content (AvgIpc) is 2.33. The Morgan fingerprint density at radius 3 is 2.35 bits per heavy atom. The van der Waals surface area contributed by atoms with Crippen LogP contribution in [0.5, 0.6) is 0 Å². The SMILES string of the molecule is CCCCC(NS(=O)(=O)C1CCS(=O)(=O)CC1)C(=O)O. The summed E-state index contributed by atoms with van der Waals surface area (Å²) in [6.07, 6.45) is 1.66. The molecule has 1 heterocycles. The maximum atomic E-state index is 12.1. The molecule has 0 spiro atoms. The van der Waals surface area contributed by atoms with E-state index in [0.717, 1.165) is 6.42 Å². The van der Waals surface area contributed by atoms with Gasteiger partial charge in [0.15, 0.2) is 0 Å². The maximum absolute atomic E-state index is 12.1. The first-order valence-corrected chi connectivity index (χ1v) is 9.99. The van der Waals surface area contributed by atoms with Gasteiger partial charge in [0.25, 0.3) is 0 Å². The van der Waals surface area contributed by atoms with Gasteiger partial charge in [-0.05, 0) is 19.3 Å². The van der Waals surface area contributed by atoms with E-state index in [9.17, 15) is 21.6 Å². The summed E-state index contributed by atoms with van der Waals surface area (Å²) < 4.78 is 49.0. The molecule has 1 unspecified atom stereocenters. The summed E-state index contributed by atoms with van der Waals surface area (Å²) in [7, 11) is -6.95. The zero-order valence-corrected chi connectivity index (χ0v) is 13.0. The Morgan fingerprint density at radius 1 is 1.35 bits per heavy atom. The number of aliphatic carboxylic acids is 1. The molecule has 0 saturated carbocycles. The van der Waals surface area contributed by atoms with Crippen LogP contribution >= 0.6 is 0 Å². The molecule has 0 aliphatic carbocycles. The first-order chi connectivity index (χ1) is 9.18. The average molecular weight is 327 g/mol. The molecular formula is C11H21NO6S2. The minimum Gasteiger partial charge on any atom is -0.480 e. The quantitative estimate of drug-likeness (QED) is 0.686. The number of hydrogen-bond acceptors (Lipinski definition) is 5. The summed E-state index contributed by atoms with van der Waals surface area (Å²) in [4.78, 5) is 11.0. The summed E-state index contributed by atoms with van der Waals surface area (Å²) >= 11 is 0. The van der Waals surface area contributed by atoms with E-state index in [1.54, 1.807) is 0 Å². The number of carboxylic acid groups (broad SMARTS) is 1. The minimum atomic E-state index is -3.80. The predicted octanol–water partition coefficient (Wildman–Crippen LogP) is 0.126. The van der Waals surface area contributed by atoms with Crippen LogP contribution in [0.1, 0.15) is 39.0 Å². The fraction of sp³-hybridized carbons (Fsp3) is 0.909. The van der Waals surface area contributed by atoms with Gasteiger partial charge in [0, 0.05) is 0 Å². The van der Waals surface area contributed by atoms with E-state index < -0.39 is 37.1 Å². The molecule has 0 bridgehead atoms. The third-order valence-corrected chi connectivity index (χ3v) is 7.07. The number of rotatable bonds is 7. The van der Waals surface area contributed by atoms with Crippen LogP contribution in [0.3, 0.4) is 0 Å². The fourth-order valence-corrected chi connectivity index (χ4v) is 5.57. The summed E-state index contributed by atoms with van der Waals surface area (Å²) in [5.41, 5.74) is 0. The van der Waals surface area contributed by atoms with Crippen LogP contribution in [0.25, 0.3) is 0 Å². The van der Waals surface area contributed by atoms with E-state index in [0.29, 0.717) is 6.42 Å². The van der Waals surface area contributed by atoms with Gasteiger partial charge in [-0.2, -0.15) is 0 Å². The van der Waals surface area contributed by atoms with Crippen LogP contribution in [0, 0.1) is 0 Å². The van der Waals surface area contributed by atoms with Gasteiger partial charge in [-0.1, -0.05) is 19.8 Å². The highest BCUT2D eigenvalue weighted by atomic mass is 32.2. The third kappa shape index (κ3) is 5.02. The van der Waals surface area contributed by atoms with Crippen molar-refractivity contribution < 1.29 is 26.7 Å². The number of hydrogen-bond donors (Lipinski definition) is 2. The maximum Gasteiger partial charge on any atom is 0.321 e. The highest BCUT2D eigenvalue weighted by molar-refractivity contribution is 7.92. The lowest BCUT2D eigenvalue weighted by atomic mass is 10.1. The normalized spacial score (nSPS) is 21.4. The second kappa shape index (κ2) is 6.86. The van der Waals surface area contributed by atoms with Gasteiger partial charge in [-0.3, -0.25) is 4.79 Å². The Hall–Kier alpha value is -0.670. The number of sulfonamides is 1. The Morgan fingerprint density at radius 2 is 1.90 bits per heavy atom. The molecule has 0 radical (unpaired) electrons. The second-order valence-corrected chi connectivity index (χ2v) is 9.34. The second-order valence-electron chi connectivity index (χ2n) is 5.05. The molecular weight excluding hydrogens is 306 g/mol. The molecule has 1 rings (SSSR count). The zero-order valence-electron chi connectivity index (χ0n) is 11.4. The van der Waals surface area contributed by atoms with Crippen molar-refractivity contribution in [1.82, 2.24) is 4.72 Å². The van der Waals surface area contributed by atoms with E-state index in [1.165, 1.54) is 0 Å². The van der Waals surface area contributed by atoms with Gasteiger partial charge >= 0.3 is 5.97 Å². The largest absolute Gasteiger partial charge is 0.480 e. The Balaban J connectivity index is 2.70. The van der Waals surface area contributed by atoms with Crippen LogP contribution in [0.15, 0.2) is 0 Å². The molecule has 118 valence electrons. The first kappa shape index (κ1) is 17.4. The zero-order chi connectivity index (χ0) is 15.4. The van der Waals surface area contributed by atoms with Gasteiger partial charge in [-0.25, -0.2) is 21.6 Å². The molecule has 0 aromatic rings. The van der Waals surface area contributed by atoms with E-state index in [1.807, 2.05) is 6.92 Å². The van der Waals surface area contributed by atoms with Crippen molar-refractivity contribution >= 4 is 25.8 Å². The number of nitrogens with one attached hydrogen (secondary N) is 1. The van der Waals surface area contributed by atoms with Crippen LogP contribution < -0.4 is 4.72 Å². The van der Waals surface area contributed by atoms with Crippen LogP contribution in [-0.4, -0.2) is 50.7 Å². The summed E-state index contributed by atoms with van der Waals surface area (Å²) in [5.74, 6) is -1.53. The van der Waals surface area contributed by atoms with Crippen molar-refractivity contribution in [3.63, 3.8) is 0 Å². The smallest absolute Gasteiger partial charge is 0.321 e. The molecule has 1 atom stereocenters. The molecule has 1 saturated heterocycles. The first-order valence-electron chi connectivity index (χ1n) is 6.62. The lowest BCUT2D eigenvalue weighted by Crippen LogP contribution is -2.47. The van der Waals surface area contributed by atoms with E-state index in [4.69, 9.17) is 5.11 Å². The monoisotopic (exact) mass is 327 g/mol. The van der Waals surface area contributed by atoms with Gasteiger partial charge in [0.1, 0.15) is 15.9 Å². The molecule has 2 N–H and O–H groups in total. The summed E-state index contributed by atoms with van der Waals surface area (Å²) in [6, 6.07) is -1.14. The van der Waals surface area contributed by atoms with Crippen molar-refractivity contribution in [2.45, 2.75) is 50.3 Å². The lowest BCUT2D eigenvalue weighted by molar-refractivity contribution is -0.139. The Labute approximate surface area is 119 Å². The Kier molecular flexibility index (Phi) is 5.96. The van der Waals surface area contributed by atoms with E-state index in [-0.39, 0.29) is 30.8 Å². The van der Waals surface area contributed by atoms with Crippen LogP contribution in [0.2, 0.25) is 0 Å². The summed E-state index contributed by atoms with van der Waals surface area (Å²) in [6.45, 7) is 1.89. The predicted molar refractivity (Wildman–Crippen MR) is 74.7 cm³/mol. The summed E-state index contributed by atoms with van der Waals surface area (Å²) in [5, 5.41) is 8.20. The lowest BCUT2D eigenvalue weighted by Gasteiger charge is -2.24. The molecule has 1 fully saturated rings. The van der Waals surface area contributed by atoms with Crippen molar-refractivity contribution in [1.29, 1.82) is 0 Å². The van der Waals surface area contributed by atoms with Gasteiger partial charge in [0.2, 0.25) is 10.0 Å². The van der Waals surface area contributed by atoms with Gasteiger partial charge < -0.3 is 5.11 Å². The molecule has 1 aliphatic heterocycles. The molecule has 1 aliphatic rings. The fourth-order valence-electron chi connectivity index (χ4n) is 2.11. The van der Waals surface area contributed by atoms with Crippen molar-refractivity contribution in [2.24, 2.45) is 0 Å². The molecule has 7 nitrogen and oxygen atoms in total. The molecule has 0 amide bonds. The van der Waals surface area contributed by atoms with Crippen LogP contribution in [-0.2, 0) is 24.7 Å². The van der Waals surface area contributed by atoms with Gasteiger partial charge in [0.05, 0.1) is 16.8 Å². The van der Waals surface area contributed by atoms with E-state index in [2.05, 4.69) is 4.72 Å². The van der Waals surface area contributed by atoms with Crippen molar-refractivity contribution in [3.05, 3.63) is 0 Å². The molecule has 0 aromatic carbocycles. The minimum absolute atomic E-state index is 0.0256. The highest BCUT2D eigenvalue weighted by Gasteiger charge is 2.35. The standard InChI is InChI=1S/C11H21NO6S2/c1-2-3-4-10(11(13)14)12-20(17,18)9-5-7-19(15,16)8-6-9/h9-10,12H,2-8H2,1H3,(H,13,14). The highest BCUT2D eigenvalue weighted by Crippen LogP contribution is 2.19. The number of unbranched alkanes of at least 4 members (excludes halogenated alkanes) is 1. The number of carbonyl (C=O) groups is 1. The van der Waals surface area contributed by atoms with Gasteiger partial charge in [-0.15, -0.1) is 0 Å². The number of carboxylic acids is 1. The third-order valence-electron chi connectivity index (χ3n) is 3.39. The van der Waals surface area contributed by atoms with E-state index >= 15 is 0 Å². The Bertz CT molecular complexity index is 525. The molecule has 9 heteroatoms. The van der Waals surface area contributed by atoms with Crippen LogP contribution in [0.4, 0.5) is 0 Å².